The molecule has 1 fully saturated rings. The fourth-order valence-corrected chi connectivity index (χ4v) is 5.24. The van der Waals surface area contributed by atoms with E-state index in [9.17, 15) is 13.2 Å². The predicted molar refractivity (Wildman–Crippen MR) is 110 cm³/mol. The first-order valence-corrected chi connectivity index (χ1v) is 11.4. The monoisotopic (exact) mass is 441 g/mol. The molecular weight excluding hydrogens is 426 g/mol. The van der Waals surface area contributed by atoms with Crippen LogP contribution in [0.25, 0.3) is 21.3 Å². The summed E-state index contributed by atoms with van der Waals surface area (Å²) in [6.45, 7) is 0. The summed E-state index contributed by atoms with van der Waals surface area (Å²) >= 11 is 1.55. The number of carbonyl (C=O) groups excluding carboxylic acids is 1. The second-order valence-corrected chi connectivity index (χ2v) is 9.33. The van der Waals surface area contributed by atoms with Gasteiger partial charge in [-0.2, -0.15) is 13.1 Å². The van der Waals surface area contributed by atoms with Crippen LogP contribution in [0.4, 0.5) is 0 Å². The number of amides is 1. The zero-order valence-corrected chi connectivity index (χ0v) is 17.0. The van der Waals surface area contributed by atoms with Gasteiger partial charge in [-0.3, -0.25) is 4.79 Å². The lowest BCUT2D eigenvalue weighted by atomic mass is 10.1. The summed E-state index contributed by atoms with van der Waals surface area (Å²) < 4.78 is 33.4. The van der Waals surface area contributed by atoms with Crippen LogP contribution in [0, 0.1) is 0 Å². The highest BCUT2D eigenvalue weighted by molar-refractivity contribution is 7.88. The van der Waals surface area contributed by atoms with E-state index >= 15 is 0 Å². The number of carbonyl (C=O) groups is 1. The first-order chi connectivity index (χ1) is 14.4. The van der Waals surface area contributed by atoms with Crippen molar-refractivity contribution in [2.24, 2.45) is 0 Å². The van der Waals surface area contributed by atoms with Crippen LogP contribution in [0.3, 0.4) is 0 Å². The van der Waals surface area contributed by atoms with E-state index in [0.29, 0.717) is 12.3 Å². The molecule has 0 saturated carbocycles. The Hall–Kier alpha value is -3.15. The van der Waals surface area contributed by atoms with Crippen LogP contribution >= 0.6 is 11.3 Å². The quantitative estimate of drug-likeness (QED) is 0.483. The fraction of sp³-hybridized carbons (Fsp3) is 0.158. The second-order valence-electron chi connectivity index (χ2n) is 6.77. The summed E-state index contributed by atoms with van der Waals surface area (Å²) in [6, 6.07) is 15.3. The molecule has 4 aromatic rings. The van der Waals surface area contributed by atoms with E-state index in [0.717, 1.165) is 26.4 Å². The van der Waals surface area contributed by atoms with Crippen molar-refractivity contribution in [3.8, 4) is 11.1 Å². The van der Waals surface area contributed by atoms with Gasteiger partial charge < -0.3 is 4.42 Å². The van der Waals surface area contributed by atoms with E-state index in [2.05, 4.69) is 38.1 Å². The van der Waals surface area contributed by atoms with Crippen molar-refractivity contribution in [3.63, 3.8) is 0 Å². The van der Waals surface area contributed by atoms with Crippen LogP contribution in [0.1, 0.15) is 16.8 Å². The zero-order valence-electron chi connectivity index (χ0n) is 15.4. The molecule has 9 nitrogen and oxygen atoms in total. The molecule has 0 bridgehead atoms. The number of fused-ring (bicyclic) bond motifs is 1. The minimum atomic E-state index is -3.79. The van der Waals surface area contributed by atoms with Gasteiger partial charge in [0.1, 0.15) is 11.0 Å². The Morgan fingerprint density at radius 3 is 2.60 bits per heavy atom. The lowest BCUT2D eigenvalue weighted by molar-refractivity contribution is -0.120. The molecule has 0 radical (unpaired) electrons. The number of aromatic nitrogens is 3. The highest BCUT2D eigenvalue weighted by Gasteiger charge is 2.35. The number of hydrogen-bond acceptors (Lipinski definition) is 8. The predicted octanol–water partition coefficient (Wildman–Crippen LogP) is 1.81. The summed E-state index contributed by atoms with van der Waals surface area (Å²) in [6.07, 6.45) is 0.341. The second kappa shape index (κ2) is 7.27. The Bertz CT molecular complexity index is 1350. The lowest BCUT2D eigenvalue weighted by Gasteiger charge is -2.00. The molecule has 2 N–H and O–H groups in total. The minimum absolute atomic E-state index is 0.0155. The van der Waals surface area contributed by atoms with Gasteiger partial charge in [-0.05, 0) is 23.3 Å². The van der Waals surface area contributed by atoms with Crippen molar-refractivity contribution in [1.29, 1.82) is 0 Å². The van der Waals surface area contributed by atoms with Crippen molar-refractivity contribution < 1.29 is 17.6 Å². The van der Waals surface area contributed by atoms with Gasteiger partial charge in [0.15, 0.2) is 0 Å². The van der Waals surface area contributed by atoms with E-state index in [-0.39, 0.29) is 12.3 Å². The molecule has 1 amide bonds. The molecule has 0 aliphatic carbocycles. The van der Waals surface area contributed by atoms with Crippen molar-refractivity contribution in [2.75, 3.05) is 0 Å². The van der Waals surface area contributed by atoms with Crippen molar-refractivity contribution in [1.82, 2.24) is 24.6 Å². The van der Waals surface area contributed by atoms with Crippen LogP contribution in [0.2, 0.25) is 0 Å². The Morgan fingerprint density at radius 2 is 1.83 bits per heavy atom. The molecule has 152 valence electrons. The molecule has 0 unspecified atom stereocenters. The Morgan fingerprint density at radius 1 is 1.03 bits per heavy atom. The third kappa shape index (κ3) is 3.82. The minimum Gasteiger partial charge on any atom is -0.425 e. The number of hydrogen-bond donors (Lipinski definition) is 2. The number of thiazole rings is 1. The van der Waals surface area contributed by atoms with E-state index in [4.69, 9.17) is 4.42 Å². The molecule has 1 saturated heterocycles. The number of nitrogens with zero attached hydrogens (tertiary/aromatic N) is 3. The first-order valence-electron chi connectivity index (χ1n) is 9.05. The summed E-state index contributed by atoms with van der Waals surface area (Å²) in [4.78, 5) is 16.3. The van der Waals surface area contributed by atoms with Crippen LogP contribution in [0.5, 0.6) is 0 Å². The topological polar surface area (TPSA) is 127 Å². The SMILES string of the molecule is O=C1NS(=O)(=O)N[C@H]1Cc1nnc(Cc2nc3ccc(-c4ccccc4)cc3s2)o1. The van der Waals surface area contributed by atoms with E-state index < -0.39 is 22.2 Å². The summed E-state index contributed by atoms with van der Waals surface area (Å²) in [5.74, 6) is -0.106. The normalized spacial score (nSPS) is 18.0. The van der Waals surface area contributed by atoms with Gasteiger partial charge in [0, 0.05) is 0 Å². The Labute approximate surface area is 175 Å². The average molecular weight is 441 g/mol. The summed E-state index contributed by atoms with van der Waals surface area (Å²) in [7, 11) is -3.79. The Balaban J connectivity index is 1.32. The van der Waals surface area contributed by atoms with Crippen molar-refractivity contribution in [3.05, 3.63) is 65.3 Å². The van der Waals surface area contributed by atoms with E-state index in [1.807, 2.05) is 35.1 Å². The van der Waals surface area contributed by atoms with Gasteiger partial charge >= 0.3 is 10.2 Å². The highest BCUT2D eigenvalue weighted by Crippen LogP contribution is 2.29. The third-order valence-corrected chi connectivity index (χ3v) is 6.66. The molecule has 1 aliphatic rings. The smallest absolute Gasteiger partial charge is 0.302 e. The maximum Gasteiger partial charge on any atom is 0.302 e. The van der Waals surface area contributed by atoms with Crippen LogP contribution in [-0.2, 0) is 27.8 Å². The van der Waals surface area contributed by atoms with Crippen molar-refractivity contribution >= 4 is 37.7 Å². The maximum atomic E-state index is 11.7. The molecule has 0 spiro atoms. The standard InChI is InChI=1S/C19H15N5O4S2/c25-19-14(23-30(26,27)24-19)9-16-21-22-17(28-16)10-18-20-13-7-6-12(8-15(13)29-18)11-4-2-1-3-5-11/h1-8,14,23H,9-10H2,(H,24,25)/t14-/m0/s1. The largest absolute Gasteiger partial charge is 0.425 e. The number of rotatable bonds is 5. The van der Waals surface area contributed by atoms with Gasteiger partial charge in [-0.15, -0.1) is 21.5 Å². The summed E-state index contributed by atoms with van der Waals surface area (Å²) in [5.41, 5.74) is 3.16. The van der Waals surface area contributed by atoms with Crippen LogP contribution in [0.15, 0.2) is 52.9 Å². The molecule has 3 heterocycles. The molecule has 1 aliphatic heterocycles. The van der Waals surface area contributed by atoms with Gasteiger partial charge in [0.05, 0.1) is 23.1 Å². The van der Waals surface area contributed by atoms with Gasteiger partial charge in [0.25, 0.3) is 5.91 Å². The van der Waals surface area contributed by atoms with Gasteiger partial charge in [-0.1, -0.05) is 36.4 Å². The molecule has 2 aromatic heterocycles. The average Bonchev–Trinajstić information content (AvgIpc) is 3.39. The molecule has 11 heteroatoms. The lowest BCUT2D eigenvalue weighted by Crippen LogP contribution is -2.31. The molecule has 1 atom stereocenters. The van der Waals surface area contributed by atoms with Crippen LogP contribution in [-0.4, -0.2) is 35.5 Å². The first kappa shape index (κ1) is 18.9. The van der Waals surface area contributed by atoms with Gasteiger partial charge in [-0.25, -0.2) is 9.71 Å². The number of benzene rings is 2. The third-order valence-electron chi connectivity index (χ3n) is 4.58. The highest BCUT2D eigenvalue weighted by atomic mass is 32.2. The van der Waals surface area contributed by atoms with Crippen molar-refractivity contribution in [2.45, 2.75) is 18.9 Å². The fourth-order valence-electron chi connectivity index (χ4n) is 3.21. The zero-order chi connectivity index (χ0) is 20.7. The maximum absolute atomic E-state index is 11.7. The molecular formula is C19H15N5O4S2. The summed E-state index contributed by atoms with van der Waals surface area (Å²) in [5, 5.41) is 8.73. The van der Waals surface area contributed by atoms with E-state index in [1.54, 1.807) is 11.3 Å². The van der Waals surface area contributed by atoms with E-state index in [1.165, 1.54) is 0 Å². The number of nitrogens with one attached hydrogen (secondary N) is 2. The Kier molecular flexibility index (Phi) is 4.57. The molecule has 5 rings (SSSR count). The molecule has 2 aromatic carbocycles. The van der Waals surface area contributed by atoms with Gasteiger partial charge in [0.2, 0.25) is 11.8 Å². The molecule has 30 heavy (non-hydrogen) atoms. The van der Waals surface area contributed by atoms with Crippen LogP contribution < -0.4 is 9.44 Å².